The Balaban J connectivity index is 2.03. The summed E-state index contributed by atoms with van der Waals surface area (Å²) in [5.41, 5.74) is 2.04. The van der Waals surface area contributed by atoms with Crippen molar-refractivity contribution in [3.05, 3.63) is 29.8 Å². The van der Waals surface area contributed by atoms with Gasteiger partial charge in [0.15, 0.2) is 0 Å². The maximum absolute atomic E-state index is 11.3. The molecule has 6 heteroatoms. The molecule has 1 N–H and O–H groups in total. The second kappa shape index (κ2) is 6.18. The van der Waals surface area contributed by atoms with Crippen molar-refractivity contribution in [2.45, 2.75) is 13.8 Å². The molecular formula is C14H18N4O2. The van der Waals surface area contributed by atoms with Crippen LogP contribution < -0.4 is 10.2 Å². The van der Waals surface area contributed by atoms with Gasteiger partial charge in [0.1, 0.15) is 6.54 Å². The van der Waals surface area contributed by atoms with E-state index in [4.69, 9.17) is 0 Å². The quantitative estimate of drug-likeness (QED) is 0.652. The molecule has 3 amide bonds. The third-order valence-corrected chi connectivity index (χ3v) is 3.14. The van der Waals surface area contributed by atoms with Gasteiger partial charge >= 0.3 is 6.03 Å². The minimum atomic E-state index is -0.481. The first kappa shape index (κ1) is 14.0. The van der Waals surface area contributed by atoms with E-state index in [9.17, 15) is 9.59 Å². The summed E-state index contributed by atoms with van der Waals surface area (Å²) in [6.45, 7) is 6.12. The van der Waals surface area contributed by atoms with Crippen molar-refractivity contribution >= 4 is 23.8 Å². The molecule has 106 valence electrons. The average molecular weight is 274 g/mol. The van der Waals surface area contributed by atoms with Crippen molar-refractivity contribution in [1.82, 2.24) is 10.3 Å². The minimum absolute atomic E-state index is 0.0210. The molecular weight excluding hydrogens is 256 g/mol. The van der Waals surface area contributed by atoms with Crippen LogP contribution in [0.15, 0.2) is 29.4 Å². The lowest BCUT2D eigenvalue weighted by Gasteiger charge is -2.20. The molecule has 20 heavy (non-hydrogen) atoms. The first-order valence-corrected chi connectivity index (χ1v) is 6.64. The van der Waals surface area contributed by atoms with Crippen LogP contribution in [0.25, 0.3) is 0 Å². The van der Waals surface area contributed by atoms with Crippen LogP contribution in [0.3, 0.4) is 0 Å². The van der Waals surface area contributed by atoms with Gasteiger partial charge in [-0.2, -0.15) is 5.10 Å². The van der Waals surface area contributed by atoms with Crippen molar-refractivity contribution in [3.8, 4) is 0 Å². The smallest absolute Gasteiger partial charge is 0.344 e. The summed E-state index contributed by atoms with van der Waals surface area (Å²) < 4.78 is 0. The molecule has 0 spiro atoms. The molecule has 0 aliphatic carbocycles. The number of carbonyl (C=O) groups excluding carboxylic acids is 2. The fourth-order valence-corrected chi connectivity index (χ4v) is 2.02. The highest BCUT2D eigenvalue weighted by Gasteiger charge is 2.25. The number of hydrogen-bond acceptors (Lipinski definition) is 4. The van der Waals surface area contributed by atoms with Crippen LogP contribution >= 0.6 is 0 Å². The normalized spacial score (nSPS) is 15.0. The fourth-order valence-electron chi connectivity index (χ4n) is 2.02. The first-order chi connectivity index (χ1) is 9.63. The Bertz CT molecular complexity index is 520. The lowest BCUT2D eigenvalue weighted by atomic mass is 10.2. The number of nitrogens with zero attached hydrogens (tertiary/aromatic N) is 3. The van der Waals surface area contributed by atoms with Crippen LogP contribution in [0.4, 0.5) is 10.5 Å². The Morgan fingerprint density at radius 3 is 2.40 bits per heavy atom. The summed E-state index contributed by atoms with van der Waals surface area (Å²) in [7, 11) is 0. The van der Waals surface area contributed by atoms with E-state index >= 15 is 0 Å². The van der Waals surface area contributed by atoms with E-state index in [1.165, 1.54) is 0 Å². The number of nitrogens with one attached hydrogen (secondary N) is 1. The van der Waals surface area contributed by atoms with Gasteiger partial charge in [0, 0.05) is 18.8 Å². The molecule has 1 heterocycles. The number of anilines is 1. The van der Waals surface area contributed by atoms with Gasteiger partial charge in [0.05, 0.1) is 6.21 Å². The van der Waals surface area contributed by atoms with E-state index in [1.807, 2.05) is 24.3 Å². The topological polar surface area (TPSA) is 65.0 Å². The second-order valence-corrected chi connectivity index (χ2v) is 4.42. The average Bonchev–Trinajstić information content (AvgIpc) is 2.77. The summed E-state index contributed by atoms with van der Waals surface area (Å²) >= 11 is 0. The zero-order chi connectivity index (χ0) is 14.5. The maximum atomic E-state index is 11.3. The molecule has 0 unspecified atom stereocenters. The molecule has 1 aliphatic rings. The summed E-state index contributed by atoms with van der Waals surface area (Å²) in [5, 5.41) is 7.28. The van der Waals surface area contributed by atoms with Crippen molar-refractivity contribution < 1.29 is 9.59 Å². The Labute approximate surface area is 118 Å². The second-order valence-electron chi connectivity index (χ2n) is 4.42. The molecule has 1 aliphatic heterocycles. The van der Waals surface area contributed by atoms with Gasteiger partial charge in [-0.1, -0.05) is 12.1 Å². The molecule has 2 rings (SSSR count). The summed E-state index contributed by atoms with van der Waals surface area (Å²) in [5.74, 6) is -0.330. The van der Waals surface area contributed by atoms with E-state index in [0.717, 1.165) is 29.3 Å². The number of hydrazone groups is 1. The van der Waals surface area contributed by atoms with Gasteiger partial charge in [-0.3, -0.25) is 10.1 Å². The number of rotatable bonds is 5. The Morgan fingerprint density at radius 2 is 1.90 bits per heavy atom. The number of carbonyl (C=O) groups is 2. The SMILES string of the molecule is CCN(CC)c1ccc(/C=N/N2CC(=O)NC2=O)cc1. The maximum Gasteiger partial charge on any atom is 0.344 e. The predicted octanol–water partition coefficient (Wildman–Crippen LogP) is 1.42. The number of amides is 3. The summed E-state index contributed by atoms with van der Waals surface area (Å²) in [6.07, 6.45) is 1.57. The van der Waals surface area contributed by atoms with Gasteiger partial charge in [0.25, 0.3) is 0 Å². The largest absolute Gasteiger partial charge is 0.372 e. The standard InChI is InChI=1S/C14H18N4O2/c1-3-17(4-2)12-7-5-11(6-8-12)9-15-18-10-13(19)16-14(18)20/h5-9H,3-4,10H2,1-2H3,(H,16,19,20)/b15-9+. The highest BCUT2D eigenvalue weighted by atomic mass is 16.2. The van der Waals surface area contributed by atoms with E-state index in [-0.39, 0.29) is 12.5 Å². The molecule has 1 saturated heterocycles. The summed E-state index contributed by atoms with van der Waals surface area (Å²) in [6, 6.07) is 7.43. The molecule has 1 aromatic rings. The molecule has 1 fully saturated rings. The van der Waals surface area contributed by atoms with Crippen LogP contribution in [-0.4, -0.2) is 42.8 Å². The zero-order valence-electron chi connectivity index (χ0n) is 11.7. The van der Waals surface area contributed by atoms with E-state index in [2.05, 4.69) is 29.2 Å². The van der Waals surface area contributed by atoms with Gasteiger partial charge in [-0.15, -0.1) is 0 Å². The molecule has 6 nitrogen and oxygen atoms in total. The molecule has 0 atom stereocenters. The Kier molecular flexibility index (Phi) is 4.34. The molecule has 0 aromatic heterocycles. The van der Waals surface area contributed by atoms with Gasteiger partial charge in [0.2, 0.25) is 5.91 Å². The summed E-state index contributed by atoms with van der Waals surface area (Å²) in [4.78, 5) is 24.6. The van der Waals surface area contributed by atoms with Gasteiger partial charge in [-0.25, -0.2) is 9.80 Å². The third kappa shape index (κ3) is 3.14. The van der Waals surface area contributed by atoms with Crippen molar-refractivity contribution in [2.75, 3.05) is 24.5 Å². The predicted molar refractivity (Wildman–Crippen MR) is 77.8 cm³/mol. The molecule has 0 radical (unpaired) electrons. The van der Waals surface area contributed by atoms with Crippen molar-refractivity contribution in [1.29, 1.82) is 0 Å². The fraction of sp³-hybridized carbons (Fsp3) is 0.357. The first-order valence-electron chi connectivity index (χ1n) is 6.64. The van der Waals surface area contributed by atoms with Crippen LogP contribution in [0.1, 0.15) is 19.4 Å². The highest BCUT2D eigenvalue weighted by Crippen LogP contribution is 2.14. The van der Waals surface area contributed by atoms with E-state index < -0.39 is 6.03 Å². The molecule has 1 aromatic carbocycles. The lowest BCUT2D eigenvalue weighted by molar-refractivity contribution is -0.118. The van der Waals surface area contributed by atoms with Crippen LogP contribution in [0.5, 0.6) is 0 Å². The number of hydrogen-bond donors (Lipinski definition) is 1. The monoisotopic (exact) mass is 274 g/mol. The van der Waals surface area contributed by atoms with Crippen LogP contribution in [0.2, 0.25) is 0 Å². The third-order valence-electron chi connectivity index (χ3n) is 3.14. The van der Waals surface area contributed by atoms with Gasteiger partial charge < -0.3 is 4.90 Å². The zero-order valence-corrected chi connectivity index (χ0v) is 11.7. The molecule has 0 bridgehead atoms. The Morgan fingerprint density at radius 1 is 1.25 bits per heavy atom. The minimum Gasteiger partial charge on any atom is -0.372 e. The van der Waals surface area contributed by atoms with E-state index in [1.54, 1.807) is 6.21 Å². The number of imide groups is 1. The van der Waals surface area contributed by atoms with Gasteiger partial charge in [-0.05, 0) is 31.5 Å². The van der Waals surface area contributed by atoms with Crippen molar-refractivity contribution in [3.63, 3.8) is 0 Å². The van der Waals surface area contributed by atoms with Crippen LogP contribution in [-0.2, 0) is 4.79 Å². The number of urea groups is 1. The Hall–Kier alpha value is -2.37. The van der Waals surface area contributed by atoms with Crippen molar-refractivity contribution in [2.24, 2.45) is 5.10 Å². The highest BCUT2D eigenvalue weighted by molar-refractivity contribution is 6.02. The lowest BCUT2D eigenvalue weighted by Crippen LogP contribution is -2.24. The number of benzene rings is 1. The van der Waals surface area contributed by atoms with Crippen LogP contribution in [0, 0.1) is 0 Å². The van der Waals surface area contributed by atoms with E-state index in [0.29, 0.717) is 0 Å². The molecule has 0 saturated carbocycles.